The van der Waals surface area contributed by atoms with Crippen molar-refractivity contribution in [2.45, 2.75) is 5.41 Å². The van der Waals surface area contributed by atoms with Crippen molar-refractivity contribution < 1.29 is 0 Å². The summed E-state index contributed by atoms with van der Waals surface area (Å²) >= 11 is 0. The second-order valence-corrected chi connectivity index (χ2v) is 14.5. The quantitative estimate of drug-likeness (QED) is 0.183. The summed E-state index contributed by atoms with van der Waals surface area (Å²) in [6, 6.07) is 74.6. The zero-order valence-electron chi connectivity index (χ0n) is 30.0. The average Bonchev–Trinajstić information content (AvgIpc) is 3.51. The molecule has 2 aliphatic carbocycles. The van der Waals surface area contributed by atoms with E-state index in [1.165, 1.54) is 55.6 Å². The fourth-order valence-corrected chi connectivity index (χ4v) is 9.16. The predicted molar refractivity (Wildman–Crippen MR) is 226 cm³/mol. The summed E-state index contributed by atoms with van der Waals surface area (Å²) in [5.41, 5.74) is 19.4. The average molecular weight is 699 g/mol. The smallest absolute Gasteiger partial charge is 0.160 e. The summed E-state index contributed by atoms with van der Waals surface area (Å²) in [7, 11) is 0. The molecule has 0 saturated carbocycles. The Kier molecular flexibility index (Phi) is 7.11. The Morgan fingerprint density at radius 3 is 1.31 bits per heavy atom. The van der Waals surface area contributed by atoms with E-state index in [4.69, 9.17) is 9.97 Å². The van der Waals surface area contributed by atoms with Crippen LogP contribution < -0.4 is 0 Å². The van der Waals surface area contributed by atoms with Gasteiger partial charge in [0.25, 0.3) is 0 Å². The van der Waals surface area contributed by atoms with Crippen LogP contribution >= 0.6 is 0 Å². The van der Waals surface area contributed by atoms with Crippen LogP contribution in [-0.4, -0.2) is 9.97 Å². The summed E-state index contributed by atoms with van der Waals surface area (Å²) < 4.78 is 0. The van der Waals surface area contributed by atoms with Gasteiger partial charge in [-0.1, -0.05) is 188 Å². The molecule has 0 aliphatic heterocycles. The largest absolute Gasteiger partial charge is 0.228 e. The van der Waals surface area contributed by atoms with Crippen LogP contribution in [0.3, 0.4) is 0 Å². The van der Waals surface area contributed by atoms with Crippen LogP contribution in [0.5, 0.6) is 0 Å². The zero-order chi connectivity index (χ0) is 36.3. The second-order valence-electron chi connectivity index (χ2n) is 14.5. The van der Waals surface area contributed by atoms with E-state index >= 15 is 0 Å². The van der Waals surface area contributed by atoms with Gasteiger partial charge in [-0.15, -0.1) is 0 Å². The Balaban J connectivity index is 1.18. The number of rotatable bonds is 4. The number of benzene rings is 8. The number of fused-ring (bicyclic) bond motifs is 12. The van der Waals surface area contributed by atoms with Crippen molar-refractivity contribution in [2.24, 2.45) is 0 Å². The number of nitrogens with zero attached hydrogens (tertiary/aromatic N) is 2. The molecule has 1 spiro atoms. The lowest BCUT2D eigenvalue weighted by Gasteiger charge is -2.35. The van der Waals surface area contributed by atoms with E-state index in [0.717, 1.165) is 39.2 Å². The normalized spacial score (nSPS) is 12.9. The van der Waals surface area contributed by atoms with Gasteiger partial charge in [0.05, 0.1) is 16.8 Å². The van der Waals surface area contributed by atoms with Gasteiger partial charge in [0.1, 0.15) is 0 Å². The fraction of sp³-hybridized carbons (Fsp3) is 0.0189. The molecule has 0 bridgehead atoms. The third-order valence-corrected chi connectivity index (χ3v) is 11.5. The zero-order valence-corrected chi connectivity index (χ0v) is 30.0. The minimum absolute atomic E-state index is 0.513. The molecular weight excluding hydrogens is 665 g/mol. The molecule has 11 rings (SSSR count). The van der Waals surface area contributed by atoms with E-state index in [-0.39, 0.29) is 0 Å². The van der Waals surface area contributed by atoms with Crippen LogP contribution in [0.4, 0.5) is 0 Å². The van der Waals surface area contributed by atoms with E-state index < -0.39 is 5.41 Å². The molecule has 2 aliphatic rings. The van der Waals surface area contributed by atoms with E-state index in [9.17, 15) is 0 Å². The molecule has 9 aromatic rings. The highest BCUT2D eigenvalue weighted by Crippen LogP contribution is 2.61. The first kappa shape index (κ1) is 31.4. The molecule has 0 atom stereocenters. The highest BCUT2D eigenvalue weighted by Gasteiger charge is 2.49. The lowest BCUT2D eigenvalue weighted by atomic mass is 9.66. The minimum atomic E-state index is -0.513. The van der Waals surface area contributed by atoms with Crippen molar-refractivity contribution in [1.29, 1.82) is 0 Å². The minimum Gasteiger partial charge on any atom is -0.228 e. The van der Waals surface area contributed by atoms with E-state index in [1.54, 1.807) is 0 Å². The van der Waals surface area contributed by atoms with E-state index in [0.29, 0.717) is 5.82 Å². The van der Waals surface area contributed by atoms with Crippen LogP contribution in [0.25, 0.3) is 78.4 Å². The van der Waals surface area contributed by atoms with Crippen molar-refractivity contribution >= 4 is 0 Å². The SMILES string of the molecule is c1ccc(-c2cccc(-c3nc(-c4ccccc4)cc(-c4ccc5c(c4)-c4ccccc4-c4ccccc4C54c5ccccc5-c5ccccc54)n3)c2)cc1. The lowest BCUT2D eigenvalue weighted by Crippen LogP contribution is -2.29. The molecule has 0 unspecified atom stereocenters. The van der Waals surface area contributed by atoms with Gasteiger partial charge < -0.3 is 0 Å². The van der Waals surface area contributed by atoms with E-state index in [1.807, 2.05) is 6.07 Å². The van der Waals surface area contributed by atoms with Crippen molar-refractivity contribution in [3.05, 3.63) is 229 Å². The maximum atomic E-state index is 5.35. The van der Waals surface area contributed by atoms with Gasteiger partial charge in [-0.2, -0.15) is 0 Å². The molecule has 2 heteroatoms. The lowest BCUT2D eigenvalue weighted by molar-refractivity contribution is 0.775. The van der Waals surface area contributed by atoms with Crippen LogP contribution in [0.15, 0.2) is 206 Å². The monoisotopic (exact) mass is 698 g/mol. The van der Waals surface area contributed by atoms with Crippen molar-refractivity contribution in [3.63, 3.8) is 0 Å². The van der Waals surface area contributed by atoms with Crippen LogP contribution in [0.1, 0.15) is 22.3 Å². The molecule has 0 saturated heterocycles. The number of aromatic nitrogens is 2. The Labute approximate surface area is 321 Å². The maximum Gasteiger partial charge on any atom is 0.160 e. The van der Waals surface area contributed by atoms with Crippen LogP contribution in [0.2, 0.25) is 0 Å². The number of hydrogen-bond acceptors (Lipinski definition) is 2. The summed E-state index contributed by atoms with van der Waals surface area (Å²) in [6.07, 6.45) is 0. The summed E-state index contributed by atoms with van der Waals surface area (Å²) in [5, 5.41) is 0. The van der Waals surface area contributed by atoms with Gasteiger partial charge in [0, 0.05) is 16.7 Å². The summed E-state index contributed by atoms with van der Waals surface area (Å²) in [5.74, 6) is 0.701. The molecular formula is C53H34N2. The molecule has 1 aromatic heterocycles. The van der Waals surface area contributed by atoms with E-state index in [2.05, 4.69) is 200 Å². The fourth-order valence-electron chi connectivity index (χ4n) is 9.16. The third-order valence-electron chi connectivity index (χ3n) is 11.5. The second kappa shape index (κ2) is 12.5. The van der Waals surface area contributed by atoms with Crippen molar-refractivity contribution in [2.75, 3.05) is 0 Å². The molecule has 0 fully saturated rings. The Morgan fingerprint density at radius 2 is 0.691 bits per heavy atom. The standard InChI is InChI=1S/C53H34N2/c1-3-16-35(17-4-1)37-20-15-21-39(32-37)52-54-50(36-18-5-2-6-19-36)34-51(55-52)38-30-31-49-45(33-38)41-23-8-7-22-40(41)42-24-9-12-27-46(42)53(49)47-28-13-10-25-43(47)44-26-11-14-29-48(44)53/h1-34H. The topological polar surface area (TPSA) is 25.8 Å². The van der Waals surface area contributed by atoms with Gasteiger partial charge in [0.2, 0.25) is 0 Å². The highest BCUT2D eigenvalue weighted by molar-refractivity contribution is 5.98. The Morgan fingerprint density at radius 1 is 0.255 bits per heavy atom. The molecule has 2 nitrogen and oxygen atoms in total. The first-order valence-corrected chi connectivity index (χ1v) is 18.9. The highest BCUT2D eigenvalue weighted by atomic mass is 14.9. The van der Waals surface area contributed by atoms with Crippen molar-refractivity contribution in [1.82, 2.24) is 9.97 Å². The number of hydrogen-bond donors (Lipinski definition) is 0. The molecule has 0 amide bonds. The summed E-state index contributed by atoms with van der Waals surface area (Å²) in [4.78, 5) is 10.5. The first-order chi connectivity index (χ1) is 27.3. The molecule has 0 N–H and O–H groups in total. The maximum absolute atomic E-state index is 5.35. The third kappa shape index (κ3) is 4.82. The Bertz CT molecular complexity index is 2880. The molecule has 1 heterocycles. The molecule has 55 heavy (non-hydrogen) atoms. The molecule has 0 radical (unpaired) electrons. The van der Waals surface area contributed by atoms with Crippen LogP contribution in [-0.2, 0) is 5.41 Å². The van der Waals surface area contributed by atoms with Gasteiger partial charge >= 0.3 is 0 Å². The summed E-state index contributed by atoms with van der Waals surface area (Å²) in [6.45, 7) is 0. The molecule has 256 valence electrons. The van der Waals surface area contributed by atoms with Gasteiger partial charge in [-0.3, -0.25) is 0 Å². The first-order valence-electron chi connectivity index (χ1n) is 18.9. The molecule has 8 aromatic carbocycles. The Hall–Kier alpha value is -7.16. The van der Waals surface area contributed by atoms with Crippen LogP contribution in [0, 0.1) is 0 Å². The predicted octanol–water partition coefficient (Wildman–Crippen LogP) is 13.2. The van der Waals surface area contributed by atoms with Crippen molar-refractivity contribution in [3.8, 4) is 78.4 Å². The van der Waals surface area contributed by atoms with Gasteiger partial charge in [0.15, 0.2) is 5.82 Å². The van der Waals surface area contributed by atoms with Gasteiger partial charge in [-0.05, 0) is 85.0 Å². The van der Waals surface area contributed by atoms with Gasteiger partial charge in [-0.25, -0.2) is 9.97 Å².